The molecular formula is C20H21FN4. The third-order valence-corrected chi connectivity index (χ3v) is 4.04. The second-order valence-electron chi connectivity index (χ2n) is 6.12. The van der Waals surface area contributed by atoms with Crippen LogP contribution in [-0.2, 0) is 0 Å². The van der Waals surface area contributed by atoms with Crippen molar-refractivity contribution >= 4 is 11.4 Å². The molecule has 0 radical (unpaired) electrons. The van der Waals surface area contributed by atoms with E-state index in [9.17, 15) is 4.39 Å². The average molecular weight is 336 g/mol. The molecule has 0 bridgehead atoms. The minimum absolute atomic E-state index is 0.268. The summed E-state index contributed by atoms with van der Waals surface area (Å²) >= 11 is 0. The van der Waals surface area contributed by atoms with Gasteiger partial charge >= 0.3 is 0 Å². The predicted molar refractivity (Wildman–Crippen MR) is 98.3 cm³/mol. The molecule has 0 aliphatic heterocycles. The number of nitrogens with one attached hydrogen (secondary N) is 1. The number of hydrogen-bond acceptors (Lipinski definition) is 4. The molecule has 0 spiro atoms. The van der Waals surface area contributed by atoms with Gasteiger partial charge in [-0.25, -0.2) is 14.4 Å². The summed E-state index contributed by atoms with van der Waals surface area (Å²) in [5.74, 6) is 0.0675. The van der Waals surface area contributed by atoms with E-state index in [2.05, 4.69) is 29.1 Å². The summed E-state index contributed by atoms with van der Waals surface area (Å²) in [6.45, 7) is 4.33. The van der Waals surface area contributed by atoms with Gasteiger partial charge in [0.25, 0.3) is 0 Å². The number of hydrogen-bond donors (Lipinski definition) is 1. The number of nitrogens with zero attached hydrogens (tertiary/aromatic N) is 3. The number of benzene rings is 1. The number of halogens is 1. The molecule has 1 atom stereocenters. The standard InChI is InChI=1S/C20H21FN4/c1-3-5-14(2)19-9-18(24-17-7-4-6-16(21)8-17)10-20(25-19)15-11-22-13-23-12-15/h4,6-14H,3,5H2,1-2H3,(H,24,25). The van der Waals surface area contributed by atoms with Crippen molar-refractivity contribution in [1.82, 2.24) is 15.0 Å². The molecule has 1 N–H and O–H groups in total. The highest BCUT2D eigenvalue weighted by Gasteiger charge is 2.11. The lowest BCUT2D eigenvalue weighted by Gasteiger charge is -2.15. The lowest BCUT2D eigenvalue weighted by Crippen LogP contribution is -2.01. The molecule has 128 valence electrons. The third-order valence-electron chi connectivity index (χ3n) is 4.04. The smallest absolute Gasteiger partial charge is 0.125 e. The lowest BCUT2D eigenvalue weighted by molar-refractivity contribution is 0.628. The fraction of sp³-hybridized carbons (Fsp3) is 0.250. The van der Waals surface area contributed by atoms with Crippen molar-refractivity contribution in [3.63, 3.8) is 0 Å². The van der Waals surface area contributed by atoms with E-state index < -0.39 is 0 Å². The first-order valence-electron chi connectivity index (χ1n) is 8.45. The van der Waals surface area contributed by atoms with Gasteiger partial charge in [0, 0.05) is 35.0 Å². The highest BCUT2D eigenvalue weighted by molar-refractivity contribution is 5.67. The molecule has 1 unspecified atom stereocenters. The van der Waals surface area contributed by atoms with Crippen molar-refractivity contribution in [3.05, 3.63) is 66.6 Å². The molecule has 3 rings (SSSR count). The molecule has 0 fully saturated rings. The number of rotatable bonds is 6. The van der Waals surface area contributed by atoms with Crippen molar-refractivity contribution in [3.8, 4) is 11.3 Å². The summed E-state index contributed by atoms with van der Waals surface area (Å²) in [6, 6.07) is 10.4. The average Bonchev–Trinajstić information content (AvgIpc) is 2.62. The Morgan fingerprint density at radius 2 is 1.88 bits per heavy atom. The maximum atomic E-state index is 13.5. The van der Waals surface area contributed by atoms with E-state index in [1.54, 1.807) is 18.5 Å². The van der Waals surface area contributed by atoms with Gasteiger partial charge in [-0.1, -0.05) is 26.3 Å². The molecule has 2 heterocycles. The van der Waals surface area contributed by atoms with Gasteiger partial charge < -0.3 is 5.32 Å². The van der Waals surface area contributed by atoms with Crippen molar-refractivity contribution in [2.45, 2.75) is 32.6 Å². The summed E-state index contributed by atoms with van der Waals surface area (Å²) < 4.78 is 13.5. The SMILES string of the molecule is CCCC(C)c1cc(Nc2cccc(F)c2)cc(-c2cncnc2)n1. The Morgan fingerprint density at radius 1 is 1.08 bits per heavy atom. The number of pyridine rings is 1. The molecule has 5 heteroatoms. The van der Waals surface area contributed by atoms with Crippen LogP contribution in [0.1, 0.15) is 38.3 Å². The van der Waals surface area contributed by atoms with Crippen molar-refractivity contribution in [2.75, 3.05) is 5.32 Å². The zero-order valence-electron chi connectivity index (χ0n) is 14.4. The predicted octanol–water partition coefficient (Wildman–Crippen LogP) is 5.32. The van der Waals surface area contributed by atoms with Crippen LogP contribution in [-0.4, -0.2) is 15.0 Å². The van der Waals surface area contributed by atoms with Gasteiger partial charge in [0.05, 0.1) is 5.69 Å². The second-order valence-corrected chi connectivity index (χ2v) is 6.12. The first-order valence-corrected chi connectivity index (χ1v) is 8.45. The normalized spacial score (nSPS) is 12.0. The van der Waals surface area contributed by atoms with Gasteiger partial charge in [-0.3, -0.25) is 4.98 Å². The number of aromatic nitrogens is 3. The summed E-state index contributed by atoms with van der Waals surface area (Å²) in [5, 5.41) is 3.27. The summed E-state index contributed by atoms with van der Waals surface area (Å²) in [4.78, 5) is 12.9. The van der Waals surface area contributed by atoms with Gasteiger partial charge in [0.1, 0.15) is 12.1 Å². The van der Waals surface area contributed by atoms with Crippen molar-refractivity contribution in [1.29, 1.82) is 0 Å². The summed E-state index contributed by atoms with van der Waals surface area (Å²) in [6.07, 6.45) is 7.14. The molecule has 0 saturated heterocycles. The summed E-state index contributed by atoms with van der Waals surface area (Å²) in [7, 11) is 0. The van der Waals surface area contributed by atoms with E-state index in [0.717, 1.165) is 35.5 Å². The maximum absolute atomic E-state index is 13.5. The van der Waals surface area contributed by atoms with Crippen LogP contribution >= 0.6 is 0 Å². The fourth-order valence-electron chi connectivity index (χ4n) is 2.77. The molecule has 25 heavy (non-hydrogen) atoms. The molecule has 0 aliphatic rings. The van der Waals surface area contributed by atoms with E-state index in [1.165, 1.54) is 18.5 Å². The van der Waals surface area contributed by atoms with Gasteiger partial charge in [0.2, 0.25) is 0 Å². The first-order chi connectivity index (χ1) is 12.2. The largest absolute Gasteiger partial charge is 0.355 e. The Bertz CT molecular complexity index is 836. The summed E-state index contributed by atoms with van der Waals surface area (Å²) in [5.41, 5.74) is 4.24. The number of anilines is 2. The fourth-order valence-corrected chi connectivity index (χ4v) is 2.77. The van der Waals surface area contributed by atoms with Crippen LogP contribution in [0.25, 0.3) is 11.3 Å². The Labute approximate surface area is 147 Å². The van der Waals surface area contributed by atoms with E-state index in [1.807, 2.05) is 18.2 Å². The van der Waals surface area contributed by atoms with E-state index in [0.29, 0.717) is 11.6 Å². The zero-order chi connectivity index (χ0) is 17.6. The van der Waals surface area contributed by atoms with Crippen LogP contribution in [0.4, 0.5) is 15.8 Å². The van der Waals surface area contributed by atoms with E-state index in [-0.39, 0.29) is 5.82 Å². The van der Waals surface area contributed by atoms with Crippen molar-refractivity contribution < 1.29 is 4.39 Å². The van der Waals surface area contributed by atoms with Crippen molar-refractivity contribution in [2.24, 2.45) is 0 Å². The first kappa shape index (κ1) is 17.0. The maximum Gasteiger partial charge on any atom is 0.125 e. The Morgan fingerprint density at radius 3 is 2.60 bits per heavy atom. The molecule has 1 aromatic carbocycles. The van der Waals surface area contributed by atoms with Crippen LogP contribution in [0.3, 0.4) is 0 Å². The molecule has 0 amide bonds. The molecule has 0 aliphatic carbocycles. The third kappa shape index (κ3) is 4.38. The van der Waals surface area contributed by atoms with Gasteiger partial charge in [-0.15, -0.1) is 0 Å². The second kappa shape index (κ2) is 7.83. The lowest BCUT2D eigenvalue weighted by atomic mass is 10.00. The quantitative estimate of drug-likeness (QED) is 0.661. The Hall–Kier alpha value is -2.82. The minimum Gasteiger partial charge on any atom is -0.355 e. The Kier molecular flexibility index (Phi) is 5.33. The monoisotopic (exact) mass is 336 g/mol. The van der Waals surface area contributed by atoms with E-state index >= 15 is 0 Å². The Balaban J connectivity index is 2.00. The van der Waals surface area contributed by atoms with Crippen LogP contribution in [0, 0.1) is 5.82 Å². The van der Waals surface area contributed by atoms with Crippen LogP contribution < -0.4 is 5.32 Å². The zero-order valence-corrected chi connectivity index (χ0v) is 14.4. The molecule has 0 saturated carbocycles. The molecule has 3 aromatic rings. The topological polar surface area (TPSA) is 50.7 Å². The molecule has 2 aromatic heterocycles. The minimum atomic E-state index is -0.268. The highest BCUT2D eigenvalue weighted by atomic mass is 19.1. The van der Waals surface area contributed by atoms with Gasteiger partial charge in [0.15, 0.2) is 0 Å². The van der Waals surface area contributed by atoms with Crippen LogP contribution in [0.2, 0.25) is 0 Å². The van der Waals surface area contributed by atoms with Gasteiger partial charge in [-0.05, 0) is 42.7 Å². The van der Waals surface area contributed by atoms with Gasteiger partial charge in [-0.2, -0.15) is 0 Å². The van der Waals surface area contributed by atoms with Crippen LogP contribution in [0.15, 0.2) is 55.1 Å². The molecular weight excluding hydrogens is 315 g/mol. The van der Waals surface area contributed by atoms with Crippen LogP contribution in [0.5, 0.6) is 0 Å². The highest BCUT2D eigenvalue weighted by Crippen LogP contribution is 2.28. The van der Waals surface area contributed by atoms with E-state index in [4.69, 9.17) is 4.98 Å². The molecule has 4 nitrogen and oxygen atoms in total.